The van der Waals surface area contributed by atoms with Crippen molar-refractivity contribution >= 4 is 15.9 Å². The van der Waals surface area contributed by atoms with E-state index < -0.39 is 0 Å². The zero-order chi connectivity index (χ0) is 15.7. The molecule has 2 heterocycles. The van der Waals surface area contributed by atoms with Crippen LogP contribution in [0.2, 0.25) is 0 Å². The third-order valence-corrected chi connectivity index (χ3v) is 4.16. The van der Waals surface area contributed by atoms with Crippen molar-refractivity contribution in [3.05, 3.63) is 64.6 Å². The Balaban J connectivity index is 2.25. The van der Waals surface area contributed by atoms with Crippen molar-refractivity contribution in [1.29, 1.82) is 0 Å². The quantitative estimate of drug-likeness (QED) is 0.661. The van der Waals surface area contributed by atoms with Crippen LogP contribution >= 0.6 is 15.9 Å². The highest BCUT2D eigenvalue weighted by molar-refractivity contribution is 9.10. The van der Waals surface area contributed by atoms with E-state index in [-0.39, 0.29) is 11.7 Å². The number of nitrogens with zero attached hydrogens (tertiary/aromatic N) is 3. The summed E-state index contributed by atoms with van der Waals surface area (Å²) in [6, 6.07) is 12.1. The summed E-state index contributed by atoms with van der Waals surface area (Å²) in [6.07, 6.45) is 1.73. The van der Waals surface area contributed by atoms with E-state index in [2.05, 4.69) is 34.8 Å². The van der Waals surface area contributed by atoms with Gasteiger partial charge in [-0.2, -0.15) is 5.10 Å². The molecule has 0 aliphatic rings. The van der Waals surface area contributed by atoms with Crippen LogP contribution in [0.1, 0.15) is 25.5 Å². The predicted molar refractivity (Wildman–Crippen MR) is 88.5 cm³/mol. The highest BCUT2D eigenvalue weighted by Crippen LogP contribution is 2.35. The van der Waals surface area contributed by atoms with E-state index in [0.717, 1.165) is 27.2 Å². The van der Waals surface area contributed by atoms with Crippen LogP contribution in [0.5, 0.6) is 0 Å². The van der Waals surface area contributed by atoms with Crippen LogP contribution < -0.4 is 0 Å². The SMILES string of the molecule is CC(C)c1nn(-c2ccccn2)c(-c2ccc(F)cc2)c1Br. The predicted octanol–water partition coefficient (Wildman–Crippen LogP) is 4.96. The van der Waals surface area contributed by atoms with Gasteiger partial charge in [-0.3, -0.25) is 0 Å². The van der Waals surface area contributed by atoms with E-state index in [1.54, 1.807) is 23.0 Å². The third-order valence-electron chi connectivity index (χ3n) is 3.38. The van der Waals surface area contributed by atoms with Crippen LogP contribution in [0, 0.1) is 5.82 Å². The monoisotopic (exact) mass is 359 g/mol. The molecule has 2 aromatic heterocycles. The van der Waals surface area contributed by atoms with Gasteiger partial charge in [-0.05, 0) is 58.2 Å². The van der Waals surface area contributed by atoms with Gasteiger partial charge >= 0.3 is 0 Å². The summed E-state index contributed by atoms with van der Waals surface area (Å²) in [7, 11) is 0. The minimum absolute atomic E-state index is 0.257. The first-order chi connectivity index (χ1) is 10.6. The number of aromatic nitrogens is 3. The Labute approximate surface area is 137 Å². The van der Waals surface area contributed by atoms with Gasteiger partial charge in [0.15, 0.2) is 5.82 Å². The molecule has 112 valence electrons. The van der Waals surface area contributed by atoms with Gasteiger partial charge in [-0.25, -0.2) is 14.1 Å². The molecule has 0 aliphatic carbocycles. The van der Waals surface area contributed by atoms with Gasteiger partial charge in [0.2, 0.25) is 0 Å². The largest absolute Gasteiger partial charge is 0.237 e. The minimum atomic E-state index is -0.257. The topological polar surface area (TPSA) is 30.7 Å². The van der Waals surface area contributed by atoms with Gasteiger partial charge in [0.25, 0.3) is 0 Å². The molecule has 0 bridgehead atoms. The zero-order valence-corrected chi connectivity index (χ0v) is 13.9. The van der Waals surface area contributed by atoms with Gasteiger partial charge in [0, 0.05) is 11.8 Å². The van der Waals surface area contributed by atoms with E-state index in [9.17, 15) is 4.39 Å². The minimum Gasteiger partial charge on any atom is -0.237 e. The van der Waals surface area contributed by atoms with Gasteiger partial charge in [-0.15, -0.1) is 0 Å². The zero-order valence-electron chi connectivity index (χ0n) is 12.3. The average molecular weight is 360 g/mol. The highest BCUT2D eigenvalue weighted by atomic mass is 79.9. The molecule has 0 radical (unpaired) electrons. The van der Waals surface area contributed by atoms with E-state index >= 15 is 0 Å². The summed E-state index contributed by atoms with van der Waals surface area (Å²) in [6.45, 7) is 4.18. The van der Waals surface area contributed by atoms with Crippen molar-refractivity contribution in [3.8, 4) is 17.1 Å². The van der Waals surface area contributed by atoms with E-state index in [1.807, 2.05) is 18.2 Å². The average Bonchev–Trinajstić information content (AvgIpc) is 2.87. The number of benzene rings is 1. The van der Waals surface area contributed by atoms with E-state index in [1.165, 1.54) is 12.1 Å². The van der Waals surface area contributed by atoms with Crippen LogP contribution in [-0.4, -0.2) is 14.8 Å². The van der Waals surface area contributed by atoms with Crippen molar-refractivity contribution in [2.24, 2.45) is 0 Å². The summed E-state index contributed by atoms with van der Waals surface area (Å²) in [5.74, 6) is 0.737. The fourth-order valence-corrected chi connectivity index (χ4v) is 3.22. The fraction of sp³-hybridized carbons (Fsp3) is 0.176. The Kier molecular flexibility index (Phi) is 4.07. The summed E-state index contributed by atoms with van der Waals surface area (Å²) in [5, 5.41) is 4.69. The first-order valence-corrected chi connectivity index (χ1v) is 7.83. The molecule has 0 saturated heterocycles. The molecule has 0 fully saturated rings. The normalized spacial score (nSPS) is 11.1. The Morgan fingerprint density at radius 3 is 2.41 bits per heavy atom. The molecule has 0 unspecified atom stereocenters. The number of hydrogen-bond donors (Lipinski definition) is 0. The smallest absolute Gasteiger partial charge is 0.154 e. The molecule has 0 saturated carbocycles. The second-order valence-electron chi connectivity index (χ2n) is 5.31. The number of rotatable bonds is 3. The lowest BCUT2D eigenvalue weighted by Crippen LogP contribution is -2.02. The van der Waals surface area contributed by atoms with Crippen molar-refractivity contribution in [2.75, 3.05) is 0 Å². The second kappa shape index (κ2) is 6.01. The molecule has 5 heteroatoms. The molecule has 0 spiro atoms. The molecular formula is C17H15BrFN3. The maximum absolute atomic E-state index is 13.2. The van der Waals surface area contributed by atoms with Crippen molar-refractivity contribution in [1.82, 2.24) is 14.8 Å². The molecule has 1 aromatic carbocycles. The molecule has 0 aliphatic heterocycles. The second-order valence-corrected chi connectivity index (χ2v) is 6.10. The van der Waals surface area contributed by atoms with Crippen LogP contribution in [0.15, 0.2) is 53.1 Å². The van der Waals surface area contributed by atoms with Gasteiger partial charge in [-0.1, -0.05) is 19.9 Å². The third kappa shape index (κ3) is 2.68. The fourth-order valence-electron chi connectivity index (χ4n) is 2.29. The first-order valence-electron chi connectivity index (χ1n) is 7.03. The number of hydrogen-bond acceptors (Lipinski definition) is 2. The Morgan fingerprint density at radius 2 is 1.82 bits per heavy atom. The van der Waals surface area contributed by atoms with Crippen molar-refractivity contribution < 1.29 is 4.39 Å². The number of pyridine rings is 1. The molecule has 3 aromatic rings. The summed E-state index contributed by atoms with van der Waals surface area (Å²) in [5.41, 5.74) is 2.71. The molecule has 3 rings (SSSR count). The molecular weight excluding hydrogens is 345 g/mol. The lowest BCUT2D eigenvalue weighted by molar-refractivity contribution is 0.628. The lowest BCUT2D eigenvalue weighted by Gasteiger charge is -2.07. The Hall–Kier alpha value is -2.01. The molecule has 0 amide bonds. The molecule has 0 atom stereocenters. The summed E-state index contributed by atoms with van der Waals surface area (Å²) >= 11 is 3.65. The van der Waals surface area contributed by atoms with Crippen molar-refractivity contribution in [3.63, 3.8) is 0 Å². The lowest BCUT2D eigenvalue weighted by atomic mass is 10.1. The van der Waals surface area contributed by atoms with Gasteiger partial charge in [0.1, 0.15) is 5.82 Å². The standard InChI is InChI=1S/C17H15BrFN3/c1-11(2)16-15(18)17(12-6-8-13(19)9-7-12)22(21-16)14-5-3-4-10-20-14/h3-11H,1-2H3. The van der Waals surface area contributed by atoms with E-state index in [0.29, 0.717) is 0 Å². The number of halogens is 2. The molecule has 0 N–H and O–H groups in total. The maximum Gasteiger partial charge on any atom is 0.154 e. The molecule has 22 heavy (non-hydrogen) atoms. The maximum atomic E-state index is 13.2. The Morgan fingerprint density at radius 1 is 1.09 bits per heavy atom. The van der Waals surface area contributed by atoms with E-state index in [4.69, 9.17) is 5.10 Å². The highest BCUT2D eigenvalue weighted by Gasteiger charge is 2.20. The van der Waals surface area contributed by atoms with Crippen LogP contribution in [0.25, 0.3) is 17.1 Å². The first kappa shape index (κ1) is 14.9. The summed E-state index contributed by atoms with van der Waals surface area (Å²) in [4.78, 5) is 4.37. The Bertz CT molecular complexity index is 780. The van der Waals surface area contributed by atoms with Gasteiger partial charge in [0.05, 0.1) is 15.9 Å². The van der Waals surface area contributed by atoms with Crippen LogP contribution in [-0.2, 0) is 0 Å². The van der Waals surface area contributed by atoms with Crippen LogP contribution in [0.4, 0.5) is 4.39 Å². The summed E-state index contributed by atoms with van der Waals surface area (Å²) < 4.78 is 15.9. The van der Waals surface area contributed by atoms with Crippen LogP contribution in [0.3, 0.4) is 0 Å². The van der Waals surface area contributed by atoms with Gasteiger partial charge < -0.3 is 0 Å². The van der Waals surface area contributed by atoms with Crippen molar-refractivity contribution in [2.45, 2.75) is 19.8 Å². The molecule has 3 nitrogen and oxygen atoms in total.